The van der Waals surface area contributed by atoms with Gasteiger partial charge in [-0.05, 0) is 98.8 Å². The molecule has 0 radical (unpaired) electrons. The van der Waals surface area contributed by atoms with E-state index in [0.717, 1.165) is 69.8 Å². The van der Waals surface area contributed by atoms with Crippen LogP contribution in [0.15, 0.2) is 11.6 Å². The number of likely N-dealkylation sites (N-methyl/N-ethyl adjacent to an activating group) is 1. The molecule has 4 aliphatic carbocycles. The number of ether oxygens (including phenoxy) is 2. The molecule has 7 heteroatoms. The minimum absolute atomic E-state index is 0.000963. The van der Waals surface area contributed by atoms with Gasteiger partial charge >= 0.3 is 6.03 Å². The van der Waals surface area contributed by atoms with E-state index in [9.17, 15) is 4.79 Å². The number of hydrogen-bond acceptors (Lipinski definition) is 5. The Hall–Kier alpha value is -1.15. The van der Waals surface area contributed by atoms with Crippen LogP contribution in [-0.4, -0.2) is 80.3 Å². The number of carbonyl (C=O) groups excluding carboxylic acids is 1. The summed E-state index contributed by atoms with van der Waals surface area (Å²) in [5.74, 6) is 3.74. The van der Waals surface area contributed by atoms with E-state index in [-0.39, 0.29) is 23.3 Å². The fraction of sp³-hybridized carbons (Fsp3) is 0.912. The van der Waals surface area contributed by atoms with Gasteiger partial charge in [-0.3, -0.25) is 4.90 Å². The van der Waals surface area contributed by atoms with E-state index in [0.29, 0.717) is 35.9 Å². The molecule has 0 aromatic heterocycles. The third-order valence-corrected chi connectivity index (χ3v) is 13.8. The third kappa shape index (κ3) is 4.71. The summed E-state index contributed by atoms with van der Waals surface area (Å²) in [4.78, 5) is 17.5. The molecule has 41 heavy (non-hydrogen) atoms. The van der Waals surface area contributed by atoms with E-state index in [4.69, 9.17) is 9.47 Å². The van der Waals surface area contributed by atoms with E-state index < -0.39 is 0 Å². The number of allylic oxidation sites excluding steroid dienone is 1. The molecule has 7 aliphatic rings. The first kappa shape index (κ1) is 28.6. The van der Waals surface area contributed by atoms with Crippen molar-refractivity contribution in [3.63, 3.8) is 0 Å². The quantitative estimate of drug-likeness (QED) is 0.457. The first-order chi connectivity index (χ1) is 19.6. The molecule has 1 spiro atoms. The number of hydrogen-bond donors (Lipinski definition) is 2. The zero-order chi connectivity index (χ0) is 28.6. The Morgan fingerprint density at radius 1 is 1.05 bits per heavy atom. The van der Waals surface area contributed by atoms with Crippen molar-refractivity contribution in [1.82, 2.24) is 20.4 Å². The molecule has 3 heterocycles. The average molecular weight is 569 g/mol. The number of nitrogens with one attached hydrogen (secondary N) is 2. The standard InChI is InChI=1S/C34H56N4O3/c1-22-8-13-34(40-20-22)23(2)30-29(41-34)19-28-26-7-6-24-18-25(9-11-32(24,3)27(26)10-12-33(28,30)4)36-31(39)35-21-38-16-14-37(5)15-17-38/h6,22-23,25-30H,7-21H2,1-5H3,(H2,35,36,39)/t22-,23+,25?,26-,27+,28+,29+,30+,32+,33+,34-/m1/s1. The topological polar surface area (TPSA) is 66.1 Å². The van der Waals surface area contributed by atoms with Gasteiger partial charge in [0.1, 0.15) is 0 Å². The molecule has 3 saturated carbocycles. The predicted molar refractivity (Wildman–Crippen MR) is 161 cm³/mol. The molecule has 3 saturated heterocycles. The van der Waals surface area contributed by atoms with Gasteiger partial charge in [0.2, 0.25) is 0 Å². The highest BCUT2D eigenvalue weighted by atomic mass is 16.7. The van der Waals surface area contributed by atoms with Gasteiger partial charge in [-0.15, -0.1) is 0 Å². The highest BCUT2D eigenvalue weighted by Gasteiger charge is 2.68. The molecule has 0 aromatic carbocycles. The number of piperazine rings is 1. The lowest BCUT2D eigenvalue weighted by molar-refractivity contribution is -0.272. The minimum Gasteiger partial charge on any atom is -0.349 e. The van der Waals surface area contributed by atoms with Crippen LogP contribution in [0.3, 0.4) is 0 Å². The van der Waals surface area contributed by atoms with Gasteiger partial charge in [0, 0.05) is 44.6 Å². The lowest BCUT2D eigenvalue weighted by Crippen LogP contribution is -2.54. The molecular weight excluding hydrogens is 512 g/mol. The SMILES string of the molecule is C[C@@H]1CC[C@@]2(OC1)O[C@H]1C[C@H]3[C@@H]4CC=C5CC(NC(=O)NCN6CCN(C)CC6)CC[C@]5(C)[C@H]4CC[C@]3(C)[C@H]1[C@@H]2C. The van der Waals surface area contributed by atoms with Crippen LogP contribution in [0.4, 0.5) is 4.79 Å². The molecule has 2 amide bonds. The summed E-state index contributed by atoms with van der Waals surface area (Å²) >= 11 is 0. The Morgan fingerprint density at radius 2 is 1.85 bits per heavy atom. The zero-order valence-corrected chi connectivity index (χ0v) is 26.4. The van der Waals surface area contributed by atoms with Gasteiger partial charge in [0.05, 0.1) is 19.4 Å². The highest BCUT2D eigenvalue weighted by Crippen LogP contribution is 2.70. The van der Waals surface area contributed by atoms with Crippen LogP contribution >= 0.6 is 0 Å². The van der Waals surface area contributed by atoms with Gasteiger partial charge in [0.25, 0.3) is 0 Å². The molecule has 0 bridgehead atoms. The van der Waals surface area contributed by atoms with Crippen LogP contribution in [0.5, 0.6) is 0 Å². The Bertz CT molecular complexity index is 1030. The lowest BCUT2D eigenvalue weighted by Gasteiger charge is -2.58. The summed E-state index contributed by atoms with van der Waals surface area (Å²) in [6.07, 6.45) is 13.7. The maximum atomic E-state index is 12.8. The smallest absolute Gasteiger partial charge is 0.316 e. The monoisotopic (exact) mass is 568 g/mol. The van der Waals surface area contributed by atoms with Crippen LogP contribution in [-0.2, 0) is 9.47 Å². The molecule has 1 unspecified atom stereocenters. The maximum Gasteiger partial charge on any atom is 0.316 e. The van der Waals surface area contributed by atoms with Crippen LogP contribution in [0.25, 0.3) is 0 Å². The Kier molecular flexibility index (Phi) is 7.32. The van der Waals surface area contributed by atoms with Gasteiger partial charge in [-0.25, -0.2) is 4.79 Å². The van der Waals surface area contributed by atoms with Crippen molar-refractivity contribution < 1.29 is 14.3 Å². The van der Waals surface area contributed by atoms with Crippen LogP contribution in [0.2, 0.25) is 0 Å². The number of fused-ring (bicyclic) bond motifs is 7. The molecule has 7 nitrogen and oxygen atoms in total. The van der Waals surface area contributed by atoms with Crippen molar-refractivity contribution in [2.45, 2.75) is 103 Å². The van der Waals surface area contributed by atoms with E-state index in [1.54, 1.807) is 5.57 Å². The normalized spacial score (nSPS) is 49.9. The summed E-state index contributed by atoms with van der Waals surface area (Å²) in [5, 5.41) is 6.47. The second kappa shape index (κ2) is 10.5. The summed E-state index contributed by atoms with van der Waals surface area (Å²) in [7, 11) is 2.16. The molecule has 11 atom stereocenters. The van der Waals surface area contributed by atoms with E-state index in [1.807, 2.05) is 0 Å². The van der Waals surface area contributed by atoms with Crippen LogP contribution in [0.1, 0.15) is 85.5 Å². The van der Waals surface area contributed by atoms with Gasteiger partial charge < -0.3 is 25.0 Å². The van der Waals surface area contributed by atoms with Crippen molar-refractivity contribution in [2.75, 3.05) is 46.5 Å². The summed E-state index contributed by atoms with van der Waals surface area (Å²) < 4.78 is 13.5. The Balaban J connectivity index is 0.988. The highest BCUT2D eigenvalue weighted by molar-refractivity contribution is 5.74. The second-order valence-electron chi connectivity index (χ2n) is 15.9. The number of carbonyl (C=O) groups is 1. The fourth-order valence-electron chi connectivity index (χ4n) is 11.2. The minimum atomic E-state index is -0.319. The summed E-state index contributed by atoms with van der Waals surface area (Å²) in [6.45, 7) is 15.7. The van der Waals surface area contributed by atoms with E-state index in [1.165, 1.54) is 38.5 Å². The molecule has 7 rings (SSSR count). The zero-order valence-electron chi connectivity index (χ0n) is 26.4. The van der Waals surface area contributed by atoms with Gasteiger partial charge in [-0.2, -0.15) is 0 Å². The molecule has 0 aromatic rings. The third-order valence-electron chi connectivity index (χ3n) is 13.8. The van der Waals surface area contributed by atoms with E-state index in [2.05, 4.69) is 61.3 Å². The first-order valence-electron chi connectivity index (χ1n) is 17.1. The Morgan fingerprint density at radius 3 is 2.61 bits per heavy atom. The van der Waals surface area contributed by atoms with Crippen molar-refractivity contribution >= 4 is 6.03 Å². The maximum absolute atomic E-state index is 12.8. The second-order valence-corrected chi connectivity index (χ2v) is 15.9. The first-order valence-corrected chi connectivity index (χ1v) is 17.1. The molecule has 230 valence electrons. The number of rotatable bonds is 3. The molecular formula is C34H56N4O3. The van der Waals surface area contributed by atoms with Crippen LogP contribution < -0.4 is 10.6 Å². The summed E-state index contributed by atoms with van der Waals surface area (Å²) in [5.41, 5.74) is 2.28. The lowest BCUT2D eigenvalue weighted by atomic mass is 9.46. The molecule has 3 aliphatic heterocycles. The number of urea groups is 1. The van der Waals surface area contributed by atoms with Crippen molar-refractivity contribution in [1.29, 1.82) is 0 Å². The largest absolute Gasteiger partial charge is 0.349 e. The average Bonchev–Trinajstić information content (AvgIpc) is 3.40. The van der Waals surface area contributed by atoms with Gasteiger partial charge in [0.15, 0.2) is 5.79 Å². The fourth-order valence-corrected chi connectivity index (χ4v) is 11.2. The predicted octanol–water partition coefficient (Wildman–Crippen LogP) is 5.23. The number of amides is 2. The van der Waals surface area contributed by atoms with Crippen molar-refractivity contribution in [2.24, 2.45) is 46.3 Å². The van der Waals surface area contributed by atoms with Crippen molar-refractivity contribution in [3.8, 4) is 0 Å². The molecule has 6 fully saturated rings. The number of nitrogens with zero attached hydrogens (tertiary/aromatic N) is 2. The Labute approximate surface area is 248 Å². The summed E-state index contributed by atoms with van der Waals surface area (Å²) in [6, 6.07) is 0.253. The van der Waals surface area contributed by atoms with Gasteiger partial charge in [-0.1, -0.05) is 39.3 Å². The molecule has 2 N–H and O–H groups in total. The van der Waals surface area contributed by atoms with Crippen molar-refractivity contribution in [3.05, 3.63) is 11.6 Å². The van der Waals surface area contributed by atoms with E-state index >= 15 is 0 Å². The van der Waals surface area contributed by atoms with Crippen LogP contribution in [0, 0.1) is 46.3 Å².